The van der Waals surface area contributed by atoms with Crippen LogP contribution in [0.15, 0.2) is 47.4 Å². The summed E-state index contributed by atoms with van der Waals surface area (Å²) in [5.74, 6) is -0.952. The third-order valence-electron chi connectivity index (χ3n) is 2.93. The van der Waals surface area contributed by atoms with E-state index in [9.17, 15) is 14.4 Å². The first-order valence-electron chi connectivity index (χ1n) is 6.18. The van der Waals surface area contributed by atoms with Crippen molar-refractivity contribution in [2.45, 2.75) is 0 Å². The van der Waals surface area contributed by atoms with Crippen molar-refractivity contribution in [2.75, 3.05) is 12.4 Å². The van der Waals surface area contributed by atoms with E-state index in [0.29, 0.717) is 11.3 Å². The number of carbonyl (C=O) groups excluding carboxylic acids is 2. The smallest absolute Gasteiger partial charge is 0.337 e. The number of ether oxygens (including phenoxy) is 1. The van der Waals surface area contributed by atoms with Crippen molar-refractivity contribution >= 4 is 17.6 Å². The fourth-order valence-corrected chi connectivity index (χ4v) is 1.78. The minimum absolute atomic E-state index is 0.0528. The van der Waals surface area contributed by atoms with Crippen molar-refractivity contribution < 1.29 is 14.3 Å². The van der Waals surface area contributed by atoms with Crippen LogP contribution in [0.5, 0.6) is 0 Å². The maximum Gasteiger partial charge on any atom is 0.337 e. The summed E-state index contributed by atoms with van der Waals surface area (Å²) in [5.41, 5.74) is 0.544. The Bertz CT molecular complexity index is 732. The van der Waals surface area contributed by atoms with Crippen molar-refractivity contribution in [2.24, 2.45) is 7.05 Å². The predicted molar refractivity (Wildman–Crippen MR) is 77.4 cm³/mol. The van der Waals surface area contributed by atoms with Crippen molar-refractivity contribution in [1.29, 1.82) is 0 Å². The summed E-state index contributed by atoms with van der Waals surface area (Å²) in [7, 11) is 2.87. The zero-order chi connectivity index (χ0) is 15.4. The standard InChI is InChI=1S/C15H14N2O4/c1-17-9-3-4-12(14(17)19)13(18)16-11-7-5-10(6-8-11)15(20)21-2/h3-9H,1-2H3,(H,16,18). The number of hydrogen-bond donors (Lipinski definition) is 1. The molecule has 1 aromatic heterocycles. The number of benzene rings is 1. The van der Waals surface area contributed by atoms with Crippen molar-refractivity contribution in [3.8, 4) is 0 Å². The van der Waals surface area contributed by atoms with E-state index in [-0.39, 0.29) is 11.1 Å². The molecule has 0 bridgehead atoms. The van der Waals surface area contributed by atoms with Gasteiger partial charge in [-0.1, -0.05) is 0 Å². The number of aryl methyl sites for hydroxylation is 1. The fourth-order valence-electron chi connectivity index (χ4n) is 1.78. The van der Waals surface area contributed by atoms with Crippen LogP contribution in [0.2, 0.25) is 0 Å². The maximum atomic E-state index is 12.0. The largest absolute Gasteiger partial charge is 0.465 e. The number of esters is 1. The molecule has 108 valence electrons. The van der Waals surface area contributed by atoms with E-state index in [2.05, 4.69) is 10.1 Å². The zero-order valence-corrected chi connectivity index (χ0v) is 11.6. The lowest BCUT2D eigenvalue weighted by atomic mass is 10.2. The van der Waals surface area contributed by atoms with E-state index in [4.69, 9.17) is 0 Å². The summed E-state index contributed by atoms with van der Waals surface area (Å²) in [5, 5.41) is 2.61. The van der Waals surface area contributed by atoms with Crippen LogP contribution in [0.3, 0.4) is 0 Å². The summed E-state index contributed by atoms with van der Waals surface area (Å²) < 4.78 is 5.91. The van der Waals surface area contributed by atoms with Gasteiger partial charge in [0.1, 0.15) is 5.56 Å². The first-order chi connectivity index (χ1) is 10.0. The first-order valence-corrected chi connectivity index (χ1v) is 6.18. The number of rotatable bonds is 3. The number of anilines is 1. The van der Waals surface area contributed by atoms with Crippen molar-refractivity contribution in [3.05, 3.63) is 64.1 Å². The highest BCUT2D eigenvalue weighted by Gasteiger charge is 2.11. The minimum atomic E-state index is -0.498. The van der Waals surface area contributed by atoms with Gasteiger partial charge in [-0.05, 0) is 36.4 Å². The van der Waals surface area contributed by atoms with Gasteiger partial charge in [-0.2, -0.15) is 0 Å². The maximum absolute atomic E-state index is 12.0. The molecule has 1 N–H and O–H groups in total. The molecule has 0 aliphatic rings. The topological polar surface area (TPSA) is 77.4 Å². The first kappa shape index (κ1) is 14.5. The second-order valence-corrected chi connectivity index (χ2v) is 4.36. The average molecular weight is 286 g/mol. The van der Waals surface area contributed by atoms with Crippen LogP contribution < -0.4 is 10.9 Å². The minimum Gasteiger partial charge on any atom is -0.465 e. The third-order valence-corrected chi connectivity index (χ3v) is 2.93. The number of carbonyl (C=O) groups is 2. The molecule has 0 aliphatic heterocycles. The molecule has 2 aromatic rings. The highest BCUT2D eigenvalue weighted by atomic mass is 16.5. The Morgan fingerprint density at radius 3 is 2.43 bits per heavy atom. The molecule has 6 nitrogen and oxygen atoms in total. The number of nitrogens with zero attached hydrogens (tertiary/aromatic N) is 1. The van der Waals surface area contributed by atoms with Crippen LogP contribution in [-0.2, 0) is 11.8 Å². The lowest BCUT2D eigenvalue weighted by molar-refractivity contribution is 0.0600. The van der Waals surface area contributed by atoms with Gasteiger partial charge in [-0.25, -0.2) is 4.79 Å². The summed E-state index contributed by atoms with van der Waals surface area (Å²) in [4.78, 5) is 35.2. The normalized spacial score (nSPS) is 10.0. The molecule has 1 aromatic carbocycles. The Labute approximate surface area is 121 Å². The molecule has 21 heavy (non-hydrogen) atoms. The number of methoxy groups -OCH3 is 1. The Hall–Kier alpha value is -2.89. The number of amides is 1. The molecule has 6 heteroatoms. The Morgan fingerprint density at radius 2 is 1.81 bits per heavy atom. The predicted octanol–water partition coefficient (Wildman–Crippen LogP) is 1.42. The Balaban J connectivity index is 2.18. The lowest BCUT2D eigenvalue weighted by Crippen LogP contribution is -2.27. The van der Waals surface area contributed by atoms with Crippen LogP contribution >= 0.6 is 0 Å². The van der Waals surface area contributed by atoms with E-state index in [1.165, 1.54) is 29.9 Å². The van der Waals surface area contributed by atoms with E-state index < -0.39 is 11.9 Å². The van der Waals surface area contributed by atoms with Crippen LogP contribution in [0.25, 0.3) is 0 Å². The molecular weight excluding hydrogens is 272 g/mol. The van der Waals surface area contributed by atoms with Gasteiger partial charge < -0.3 is 14.6 Å². The van der Waals surface area contributed by atoms with Crippen LogP contribution in [-0.4, -0.2) is 23.6 Å². The molecule has 1 amide bonds. The number of nitrogens with one attached hydrogen (secondary N) is 1. The molecule has 0 radical (unpaired) electrons. The van der Waals surface area contributed by atoms with E-state index >= 15 is 0 Å². The summed E-state index contributed by atoms with van der Waals surface area (Å²) in [6.45, 7) is 0. The molecule has 0 unspecified atom stereocenters. The molecule has 0 aliphatic carbocycles. The molecule has 2 rings (SSSR count). The second kappa shape index (κ2) is 6.04. The van der Waals surface area contributed by atoms with Gasteiger partial charge in [0.05, 0.1) is 12.7 Å². The zero-order valence-electron chi connectivity index (χ0n) is 11.6. The summed E-state index contributed by atoms with van der Waals surface area (Å²) >= 11 is 0. The van der Waals surface area contributed by atoms with Crippen LogP contribution in [0, 0.1) is 0 Å². The molecular formula is C15H14N2O4. The lowest BCUT2D eigenvalue weighted by Gasteiger charge is -2.06. The van der Waals surface area contributed by atoms with E-state index in [1.807, 2.05) is 0 Å². The fraction of sp³-hybridized carbons (Fsp3) is 0.133. The van der Waals surface area contributed by atoms with Gasteiger partial charge in [0.25, 0.3) is 11.5 Å². The van der Waals surface area contributed by atoms with Crippen molar-refractivity contribution in [1.82, 2.24) is 4.57 Å². The monoisotopic (exact) mass is 286 g/mol. The highest BCUT2D eigenvalue weighted by Crippen LogP contribution is 2.11. The molecule has 0 saturated heterocycles. The van der Waals surface area contributed by atoms with Gasteiger partial charge >= 0.3 is 5.97 Å². The van der Waals surface area contributed by atoms with Gasteiger partial charge in [0.15, 0.2) is 0 Å². The van der Waals surface area contributed by atoms with Gasteiger partial charge in [-0.3, -0.25) is 9.59 Å². The van der Waals surface area contributed by atoms with Crippen LogP contribution in [0.4, 0.5) is 5.69 Å². The summed E-state index contributed by atoms with van der Waals surface area (Å²) in [6, 6.07) is 9.28. The number of pyridine rings is 1. The molecule has 1 heterocycles. The Morgan fingerprint density at radius 1 is 1.14 bits per heavy atom. The quantitative estimate of drug-likeness (QED) is 0.866. The number of aromatic nitrogens is 1. The highest BCUT2D eigenvalue weighted by molar-refractivity contribution is 6.04. The van der Waals surface area contributed by atoms with Gasteiger partial charge in [-0.15, -0.1) is 0 Å². The molecule has 0 atom stereocenters. The van der Waals surface area contributed by atoms with E-state index in [0.717, 1.165) is 0 Å². The third kappa shape index (κ3) is 3.17. The number of hydrogen-bond acceptors (Lipinski definition) is 4. The molecule has 0 spiro atoms. The van der Waals surface area contributed by atoms with Crippen LogP contribution in [0.1, 0.15) is 20.7 Å². The molecule has 0 fully saturated rings. The summed E-state index contributed by atoms with van der Waals surface area (Å²) in [6.07, 6.45) is 1.57. The average Bonchev–Trinajstić information content (AvgIpc) is 2.50. The van der Waals surface area contributed by atoms with Gasteiger partial charge in [0.2, 0.25) is 0 Å². The Kier molecular flexibility index (Phi) is 4.18. The van der Waals surface area contributed by atoms with E-state index in [1.54, 1.807) is 31.4 Å². The molecule has 0 saturated carbocycles. The second-order valence-electron chi connectivity index (χ2n) is 4.36. The SMILES string of the molecule is COC(=O)c1ccc(NC(=O)c2cccn(C)c2=O)cc1. The van der Waals surface area contributed by atoms with Gasteiger partial charge in [0, 0.05) is 18.9 Å². The van der Waals surface area contributed by atoms with Crippen molar-refractivity contribution in [3.63, 3.8) is 0 Å².